The summed E-state index contributed by atoms with van der Waals surface area (Å²) >= 11 is 0. The lowest BCUT2D eigenvalue weighted by atomic mass is 9.88. The van der Waals surface area contributed by atoms with Gasteiger partial charge < -0.3 is 10.0 Å². The molecule has 99 valence electrons. The highest BCUT2D eigenvalue weighted by Crippen LogP contribution is 2.32. The van der Waals surface area contributed by atoms with Crippen LogP contribution in [0.1, 0.15) is 25.5 Å². The zero-order valence-corrected chi connectivity index (χ0v) is 10.7. The Kier molecular flexibility index (Phi) is 3.97. The molecule has 1 saturated heterocycles. The molecule has 1 aromatic rings. The predicted molar refractivity (Wildman–Crippen MR) is 65.8 cm³/mol. The Morgan fingerprint density at radius 1 is 1.39 bits per heavy atom. The summed E-state index contributed by atoms with van der Waals surface area (Å²) in [5.41, 5.74) is 0.0665. The van der Waals surface area contributed by atoms with E-state index in [0.29, 0.717) is 0 Å². The molecule has 0 aliphatic carbocycles. The van der Waals surface area contributed by atoms with Crippen molar-refractivity contribution >= 4 is 0 Å². The standard InChI is InChI=1S/C14H18F2NO/c1-9(2)6-17-7-10(8-17)14(18)11-4-3-5-12(15)13(11)16/h3-5,10,14,18H,6-8H2,1-2H3. The van der Waals surface area contributed by atoms with Gasteiger partial charge in [-0.3, -0.25) is 0 Å². The summed E-state index contributed by atoms with van der Waals surface area (Å²) in [7, 11) is 0. The van der Waals surface area contributed by atoms with Gasteiger partial charge in [0.05, 0.1) is 6.10 Å². The van der Waals surface area contributed by atoms with Crippen LogP contribution in [-0.4, -0.2) is 29.6 Å². The minimum Gasteiger partial charge on any atom is -0.388 e. The molecule has 0 bridgehead atoms. The van der Waals surface area contributed by atoms with Crippen molar-refractivity contribution in [3.63, 3.8) is 0 Å². The zero-order valence-electron chi connectivity index (χ0n) is 10.7. The Morgan fingerprint density at radius 3 is 2.67 bits per heavy atom. The highest BCUT2D eigenvalue weighted by molar-refractivity contribution is 5.22. The molecule has 1 radical (unpaired) electrons. The Hall–Kier alpha value is -1.00. The van der Waals surface area contributed by atoms with Crippen molar-refractivity contribution in [2.75, 3.05) is 19.6 Å². The van der Waals surface area contributed by atoms with E-state index in [9.17, 15) is 13.9 Å². The van der Waals surface area contributed by atoms with E-state index in [2.05, 4.69) is 18.7 Å². The van der Waals surface area contributed by atoms with Crippen molar-refractivity contribution in [1.29, 1.82) is 0 Å². The number of nitrogens with zero attached hydrogens (tertiary/aromatic N) is 1. The second kappa shape index (κ2) is 5.33. The van der Waals surface area contributed by atoms with Gasteiger partial charge in [-0.2, -0.15) is 0 Å². The first-order valence-corrected chi connectivity index (χ1v) is 6.12. The van der Waals surface area contributed by atoms with Gasteiger partial charge in [0.1, 0.15) is 0 Å². The molecule has 1 aliphatic rings. The van der Waals surface area contributed by atoms with Gasteiger partial charge >= 0.3 is 0 Å². The average Bonchev–Trinajstić information content (AvgIpc) is 2.25. The number of likely N-dealkylation sites (tertiary alicyclic amines) is 1. The lowest BCUT2D eigenvalue weighted by molar-refractivity contribution is -0.00445. The quantitative estimate of drug-likeness (QED) is 0.892. The second-order valence-electron chi connectivity index (χ2n) is 5.25. The van der Waals surface area contributed by atoms with Crippen LogP contribution in [0.3, 0.4) is 0 Å². The second-order valence-corrected chi connectivity index (χ2v) is 5.25. The molecule has 2 rings (SSSR count). The summed E-state index contributed by atoms with van der Waals surface area (Å²) in [4.78, 5) is 2.18. The maximum Gasteiger partial charge on any atom is 0.164 e. The molecule has 0 saturated carbocycles. The average molecular weight is 254 g/mol. The highest BCUT2D eigenvalue weighted by atomic mass is 19.2. The third kappa shape index (κ3) is 2.70. The molecule has 1 unspecified atom stereocenters. The van der Waals surface area contributed by atoms with Gasteiger partial charge in [0, 0.05) is 31.1 Å². The van der Waals surface area contributed by atoms with Crippen molar-refractivity contribution in [2.45, 2.75) is 20.0 Å². The van der Waals surface area contributed by atoms with Gasteiger partial charge in [-0.1, -0.05) is 26.0 Å². The normalized spacial score (nSPS) is 19.0. The molecule has 1 aliphatic heterocycles. The number of benzene rings is 1. The molecule has 1 heterocycles. The summed E-state index contributed by atoms with van der Waals surface area (Å²) < 4.78 is 26.6. The fourth-order valence-electron chi connectivity index (χ4n) is 2.39. The smallest absolute Gasteiger partial charge is 0.164 e. The van der Waals surface area contributed by atoms with Crippen LogP contribution in [0.2, 0.25) is 0 Å². The summed E-state index contributed by atoms with van der Waals surface area (Å²) in [5, 5.41) is 10.1. The van der Waals surface area contributed by atoms with Crippen molar-refractivity contribution in [1.82, 2.24) is 4.90 Å². The number of aliphatic hydroxyl groups excluding tert-OH is 1. The van der Waals surface area contributed by atoms with Crippen LogP contribution in [0, 0.1) is 23.5 Å². The van der Waals surface area contributed by atoms with Crippen LogP contribution in [0.4, 0.5) is 8.78 Å². The molecule has 4 heteroatoms. The van der Waals surface area contributed by atoms with Crippen LogP contribution < -0.4 is 0 Å². The fourth-order valence-corrected chi connectivity index (χ4v) is 2.39. The zero-order chi connectivity index (χ0) is 13.3. The topological polar surface area (TPSA) is 23.5 Å². The first-order valence-electron chi connectivity index (χ1n) is 6.12. The van der Waals surface area contributed by atoms with E-state index >= 15 is 0 Å². The molecule has 0 aromatic heterocycles. The monoisotopic (exact) mass is 254 g/mol. The summed E-state index contributed by atoms with van der Waals surface area (Å²) in [6, 6.07) is 3.94. The molecule has 2 nitrogen and oxygen atoms in total. The minimum atomic E-state index is -0.929. The van der Waals surface area contributed by atoms with Crippen molar-refractivity contribution in [3.8, 4) is 0 Å². The van der Waals surface area contributed by atoms with Gasteiger partial charge in [-0.05, 0) is 12.0 Å². The van der Waals surface area contributed by atoms with Gasteiger partial charge in [0.2, 0.25) is 0 Å². The first kappa shape index (κ1) is 13.4. The number of hydrogen-bond donors (Lipinski definition) is 1. The maximum atomic E-state index is 13.5. The molecule has 18 heavy (non-hydrogen) atoms. The third-order valence-electron chi connectivity index (χ3n) is 3.27. The van der Waals surface area contributed by atoms with Crippen molar-refractivity contribution in [3.05, 3.63) is 41.3 Å². The fraction of sp³-hybridized carbons (Fsp3) is 0.500. The summed E-state index contributed by atoms with van der Waals surface area (Å²) in [6.07, 6.45) is -0.922. The van der Waals surface area contributed by atoms with Crippen LogP contribution in [0.5, 0.6) is 0 Å². The van der Waals surface area contributed by atoms with E-state index in [0.717, 1.165) is 25.7 Å². The van der Waals surface area contributed by atoms with Crippen molar-refractivity contribution < 1.29 is 13.9 Å². The lowest BCUT2D eigenvalue weighted by Gasteiger charge is -2.42. The predicted octanol–water partition coefficient (Wildman–Crippen LogP) is 2.54. The Bertz CT molecular complexity index is 416. The van der Waals surface area contributed by atoms with Crippen LogP contribution >= 0.6 is 0 Å². The van der Waals surface area contributed by atoms with Crippen LogP contribution in [-0.2, 0) is 0 Å². The van der Waals surface area contributed by atoms with Crippen LogP contribution in [0.25, 0.3) is 0 Å². The maximum absolute atomic E-state index is 13.5. The Morgan fingerprint density at radius 2 is 2.06 bits per heavy atom. The van der Waals surface area contributed by atoms with E-state index in [1.807, 2.05) is 0 Å². The Balaban J connectivity index is 1.97. The van der Waals surface area contributed by atoms with Gasteiger partial charge in [0.25, 0.3) is 0 Å². The van der Waals surface area contributed by atoms with Gasteiger partial charge in [0.15, 0.2) is 11.6 Å². The van der Waals surface area contributed by atoms with Gasteiger partial charge in [-0.25, -0.2) is 8.78 Å². The molecule has 1 atom stereocenters. The molecule has 1 aromatic carbocycles. The van der Waals surface area contributed by atoms with E-state index < -0.39 is 17.7 Å². The molecule has 1 N–H and O–H groups in total. The first-order chi connectivity index (χ1) is 8.49. The molecule has 0 spiro atoms. The van der Waals surface area contributed by atoms with Crippen molar-refractivity contribution in [2.24, 2.45) is 5.92 Å². The number of halogens is 2. The highest BCUT2D eigenvalue weighted by Gasteiger charge is 2.34. The SMILES string of the molecule is C[C](C)CN1CC(C(O)c2cccc(F)c2F)C1. The van der Waals surface area contributed by atoms with E-state index in [-0.39, 0.29) is 11.5 Å². The number of rotatable bonds is 4. The molecular weight excluding hydrogens is 236 g/mol. The van der Waals surface area contributed by atoms with E-state index in [1.54, 1.807) is 0 Å². The molecular formula is C14H18F2NO. The van der Waals surface area contributed by atoms with E-state index in [1.165, 1.54) is 18.1 Å². The van der Waals surface area contributed by atoms with Gasteiger partial charge in [-0.15, -0.1) is 0 Å². The van der Waals surface area contributed by atoms with Crippen LogP contribution in [0.15, 0.2) is 18.2 Å². The minimum absolute atomic E-state index is 0.0133. The van der Waals surface area contributed by atoms with E-state index in [4.69, 9.17) is 0 Å². The number of aliphatic hydroxyl groups is 1. The lowest BCUT2D eigenvalue weighted by Crippen LogP contribution is -2.50. The molecule has 0 amide bonds. The largest absolute Gasteiger partial charge is 0.388 e. The summed E-state index contributed by atoms with van der Waals surface area (Å²) in [5.74, 6) is -0.539. The Labute approximate surface area is 106 Å². The molecule has 1 fully saturated rings. The summed E-state index contributed by atoms with van der Waals surface area (Å²) in [6.45, 7) is 6.45. The third-order valence-corrected chi connectivity index (χ3v) is 3.27. The number of hydrogen-bond acceptors (Lipinski definition) is 2.